The molecule has 1 heterocycles. The van der Waals surface area contributed by atoms with Crippen molar-refractivity contribution in [1.82, 2.24) is 15.5 Å². The number of imide groups is 1. The molecule has 7 nitrogen and oxygen atoms in total. The average Bonchev–Trinajstić information content (AvgIpc) is 2.95. The average molecular weight is 410 g/mol. The van der Waals surface area contributed by atoms with Crippen molar-refractivity contribution in [3.05, 3.63) is 34.9 Å². The number of rotatable bonds is 8. The molecule has 3 amide bonds. The van der Waals surface area contributed by atoms with Crippen molar-refractivity contribution in [3.8, 4) is 0 Å². The lowest BCUT2D eigenvalue weighted by Gasteiger charge is -2.29. The number of amides is 3. The molecule has 0 spiro atoms. The van der Waals surface area contributed by atoms with E-state index in [-0.39, 0.29) is 36.2 Å². The van der Waals surface area contributed by atoms with Crippen LogP contribution in [-0.2, 0) is 4.74 Å². The van der Waals surface area contributed by atoms with Gasteiger partial charge in [-0.05, 0) is 31.0 Å². The third kappa shape index (κ3) is 4.90. The van der Waals surface area contributed by atoms with Gasteiger partial charge in [-0.1, -0.05) is 19.3 Å². The smallest absolute Gasteiger partial charge is 0.261 e. The quantitative estimate of drug-likeness (QED) is 0.506. The predicted octanol–water partition coefficient (Wildman–Crippen LogP) is 2.00. The van der Waals surface area contributed by atoms with Gasteiger partial charge in [-0.15, -0.1) is 12.4 Å². The fraction of sp³-hybridized carbons (Fsp3) is 0.550. The Kier molecular flexibility index (Phi) is 8.41. The summed E-state index contributed by atoms with van der Waals surface area (Å²) in [6, 6.07) is 4.75. The monoisotopic (exact) mass is 409 g/mol. The van der Waals surface area contributed by atoms with E-state index >= 15 is 0 Å². The predicted molar refractivity (Wildman–Crippen MR) is 108 cm³/mol. The summed E-state index contributed by atoms with van der Waals surface area (Å²) < 4.78 is 4.94. The van der Waals surface area contributed by atoms with Crippen LogP contribution in [0.4, 0.5) is 0 Å². The Balaban J connectivity index is 0.00000280. The van der Waals surface area contributed by atoms with Gasteiger partial charge in [0.1, 0.15) is 0 Å². The number of hydrogen-bond acceptors (Lipinski definition) is 5. The van der Waals surface area contributed by atoms with Crippen LogP contribution in [0.3, 0.4) is 0 Å². The van der Waals surface area contributed by atoms with E-state index in [1.54, 1.807) is 25.3 Å². The highest BCUT2D eigenvalue weighted by Gasteiger charge is 2.40. The Bertz CT molecular complexity index is 719. The third-order valence-electron chi connectivity index (χ3n) is 5.19. The first-order valence-corrected chi connectivity index (χ1v) is 9.63. The summed E-state index contributed by atoms with van der Waals surface area (Å²) in [5, 5.41) is 5.96. The molecule has 28 heavy (non-hydrogen) atoms. The summed E-state index contributed by atoms with van der Waals surface area (Å²) >= 11 is 0. The minimum atomic E-state index is -0.266. The van der Waals surface area contributed by atoms with E-state index in [0.29, 0.717) is 36.4 Å². The fourth-order valence-electron chi connectivity index (χ4n) is 3.74. The maximum absolute atomic E-state index is 12.8. The number of carbonyl (C=O) groups is 3. The number of methoxy groups -OCH3 is 1. The van der Waals surface area contributed by atoms with Gasteiger partial charge in [0.25, 0.3) is 17.7 Å². The lowest BCUT2D eigenvalue weighted by molar-refractivity contribution is 0.0549. The molecule has 0 bridgehead atoms. The minimum absolute atomic E-state index is 0. The summed E-state index contributed by atoms with van der Waals surface area (Å²) in [6.45, 7) is 2.44. The van der Waals surface area contributed by atoms with Crippen molar-refractivity contribution in [2.45, 2.75) is 38.1 Å². The van der Waals surface area contributed by atoms with Gasteiger partial charge in [0.05, 0.1) is 17.7 Å². The lowest BCUT2D eigenvalue weighted by atomic mass is 9.94. The van der Waals surface area contributed by atoms with Crippen LogP contribution in [0, 0.1) is 0 Å². The third-order valence-corrected chi connectivity index (χ3v) is 5.19. The van der Waals surface area contributed by atoms with Crippen LogP contribution in [0.1, 0.15) is 63.2 Å². The molecule has 0 unspecified atom stereocenters. The molecule has 8 heteroatoms. The van der Waals surface area contributed by atoms with Gasteiger partial charge in [0.2, 0.25) is 0 Å². The van der Waals surface area contributed by atoms with Crippen molar-refractivity contribution in [2.24, 2.45) is 0 Å². The summed E-state index contributed by atoms with van der Waals surface area (Å²) in [7, 11) is 1.64. The largest absolute Gasteiger partial charge is 0.383 e. The van der Waals surface area contributed by atoms with Crippen LogP contribution < -0.4 is 10.6 Å². The zero-order chi connectivity index (χ0) is 19.2. The van der Waals surface area contributed by atoms with E-state index in [4.69, 9.17) is 4.74 Å². The zero-order valence-corrected chi connectivity index (χ0v) is 17.0. The molecule has 0 saturated heterocycles. The summed E-state index contributed by atoms with van der Waals surface area (Å²) in [5.74, 6) is -0.739. The van der Waals surface area contributed by atoms with Crippen LogP contribution in [0.15, 0.2) is 18.2 Å². The van der Waals surface area contributed by atoms with Gasteiger partial charge in [-0.2, -0.15) is 0 Å². The van der Waals surface area contributed by atoms with Crippen LogP contribution in [0.5, 0.6) is 0 Å². The Labute approximate surface area is 171 Å². The van der Waals surface area contributed by atoms with Gasteiger partial charge in [-0.25, -0.2) is 0 Å². The minimum Gasteiger partial charge on any atom is -0.383 e. The molecule has 1 aromatic carbocycles. The highest BCUT2D eigenvalue weighted by Crippen LogP contribution is 2.31. The molecular formula is C20H28ClN3O4. The van der Waals surface area contributed by atoms with Gasteiger partial charge in [0, 0.05) is 38.3 Å². The summed E-state index contributed by atoms with van der Waals surface area (Å²) in [5.41, 5.74) is 1.15. The van der Waals surface area contributed by atoms with Gasteiger partial charge >= 0.3 is 0 Å². The second-order valence-electron chi connectivity index (χ2n) is 7.03. The van der Waals surface area contributed by atoms with E-state index in [2.05, 4.69) is 10.6 Å². The van der Waals surface area contributed by atoms with Crippen LogP contribution in [0.25, 0.3) is 0 Å². The van der Waals surface area contributed by atoms with Crippen molar-refractivity contribution < 1.29 is 19.1 Å². The number of fused-ring (bicyclic) bond motifs is 1. The normalized spacial score (nSPS) is 16.7. The van der Waals surface area contributed by atoms with Crippen LogP contribution in [0.2, 0.25) is 0 Å². The highest BCUT2D eigenvalue weighted by molar-refractivity contribution is 6.22. The number of nitrogens with one attached hydrogen (secondary N) is 2. The van der Waals surface area contributed by atoms with E-state index in [0.717, 1.165) is 38.6 Å². The highest BCUT2D eigenvalue weighted by atomic mass is 35.5. The SMILES string of the molecule is COCCNCCNC(=O)c1ccc2c(c1)C(=O)N(C1CCCCC1)C2=O.Cl. The van der Waals surface area contributed by atoms with Crippen molar-refractivity contribution in [2.75, 3.05) is 33.4 Å². The Morgan fingerprint density at radius 1 is 1.07 bits per heavy atom. The van der Waals surface area contributed by atoms with Crippen molar-refractivity contribution in [1.29, 1.82) is 0 Å². The standard InChI is InChI=1S/C20H27N3O4.ClH/c1-27-12-11-21-9-10-22-18(24)14-7-8-16-17(13-14)20(26)23(19(16)25)15-5-3-2-4-6-15;/h7-8,13,15,21H,2-6,9-12H2,1H3,(H,22,24);1H. The fourth-order valence-corrected chi connectivity index (χ4v) is 3.74. The van der Waals surface area contributed by atoms with Gasteiger partial charge < -0.3 is 15.4 Å². The molecular weight excluding hydrogens is 382 g/mol. The van der Waals surface area contributed by atoms with Crippen molar-refractivity contribution >= 4 is 30.1 Å². The molecule has 1 aliphatic carbocycles. The molecule has 1 fully saturated rings. The number of carbonyl (C=O) groups excluding carboxylic acids is 3. The molecule has 0 aromatic heterocycles. The number of ether oxygens (including phenoxy) is 1. The summed E-state index contributed by atoms with van der Waals surface area (Å²) in [4.78, 5) is 39.2. The molecule has 3 rings (SSSR count). The molecule has 154 valence electrons. The van der Waals surface area contributed by atoms with E-state index in [1.165, 1.54) is 4.90 Å². The second kappa shape index (κ2) is 10.5. The van der Waals surface area contributed by atoms with E-state index < -0.39 is 0 Å². The number of nitrogens with zero attached hydrogens (tertiary/aromatic N) is 1. The first-order chi connectivity index (χ1) is 13.1. The first kappa shape index (κ1) is 22.3. The molecule has 2 N–H and O–H groups in total. The molecule has 1 aromatic rings. The van der Waals surface area contributed by atoms with Crippen LogP contribution >= 0.6 is 12.4 Å². The van der Waals surface area contributed by atoms with E-state index in [1.807, 2.05) is 0 Å². The zero-order valence-electron chi connectivity index (χ0n) is 16.2. The molecule has 1 aliphatic heterocycles. The number of benzene rings is 1. The lowest BCUT2D eigenvalue weighted by Crippen LogP contribution is -2.40. The Morgan fingerprint density at radius 2 is 1.79 bits per heavy atom. The van der Waals surface area contributed by atoms with Gasteiger partial charge in [-0.3, -0.25) is 19.3 Å². The second-order valence-corrected chi connectivity index (χ2v) is 7.03. The number of halogens is 1. The maximum atomic E-state index is 12.8. The Hall–Kier alpha value is -1.96. The maximum Gasteiger partial charge on any atom is 0.261 e. The van der Waals surface area contributed by atoms with Crippen molar-refractivity contribution in [3.63, 3.8) is 0 Å². The Morgan fingerprint density at radius 3 is 2.50 bits per heavy atom. The van der Waals surface area contributed by atoms with E-state index in [9.17, 15) is 14.4 Å². The molecule has 0 radical (unpaired) electrons. The number of hydrogen-bond donors (Lipinski definition) is 2. The topological polar surface area (TPSA) is 87.7 Å². The first-order valence-electron chi connectivity index (χ1n) is 9.63. The summed E-state index contributed by atoms with van der Waals surface area (Å²) in [6.07, 6.45) is 4.99. The van der Waals surface area contributed by atoms with Gasteiger partial charge in [0.15, 0.2) is 0 Å². The molecule has 0 atom stereocenters. The van der Waals surface area contributed by atoms with Crippen LogP contribution in [-0.4, -0.2) is 62.0 Å². The molecule has 2 aliphatic rings. The molecule has 1 saturated carbocycles.